The maximum absolute atomic E-state index is 14.4. The summed E-state index contributed by atoms with van der Waals surface area (Å²) in [6.07, 6.45) is 9.88. The molecule has 3 aliphatic carbocycles. The summed E-state index contributed by atoms with van der Waals surface area (Å²) >= 11 is 0. The van der Waals surface area contributed by atoms with Gasteiger partial charge in [0.2, 0.25) is 17.6 Å². The lowest BCUT2D eigenvalue weighted by atomic mass is 9.81. The van der Waals surface area contributed by atoms with Gasteiger partial charge < -0.3 is 26.2 Å². The smallest absolute Gasteiger partial charge is 0.316 e. The zero-order chi connectivity index (χ0) is 34.7. The summed E-state index contributed by atoms with van der Waals surface area (Å²) in [7, 11) is 0. The van der Waals surface area contributed by atoms with Crippen molar-refractivity contribution < 1.29 is 28.8 Å². The number of amides is 5. The summed E-state index contributed by atoms with van der Waals surface area (Å²) in [6, 6.07) is -3.96. The molecule has 0 aromatic carbocycles. The summed E-state index contributed by atoms with van der Waals surface area (Å²) in [5, 5.41) is 11.2. The lowest BCUT2D eigenvalue weighted by molar-refractivity contribution is -0.145. The number of hydrogen-bond donors (Lipinski definition) is 4. The molecule has 0 aromatic rings. The standard InChI is InChI=1S/C36H57N5O6/c1-8-10-16-24(29(43)32(45)37-19-9-2)38-31(44)27-25-23(36(25,6)7)20-41(27)33(46)30(35(3,4)5)40-34(47)39-26(28(42)22-17-18-22)21-14-12-11-13-15-21/h9,21-27,30H,2,8,10-20H2,1,3-7H3,(H,37,45)(H,38,44)(H2,39,40,47)/t23-,24?,25-,26-,27-,30+/m0/s1. The number of carbonyl (C=O) groups is 6. The average molecular weight is 656 g/mol. The number of carbonyl (C=O) groups excluding carboxylic acids is 6. The first kappa shape index (κ1) is 36.6. The normalized spacial score (nSPS) is 25.4. The minimum atomic E-state index is -1.02. The average Bonchev–Trinajstić information content (AvgIpc) is 3.91. The Bertz CT molecular complexity index is 1230. The quantitative estimate of drug-likeness (QED) is 0.156. The van der Waals surface area contributed by atoms with Gasteiger partial charge in [-0.2, -0.15) is 0 Å². The topological polar surface area (TPSA) is 154 Å². The number of urea groups is 1. The minimum Gasteiger partial charge on any atom is -0.346 e. The van der Waals surface area contributed by atoms with Crippen molar-refractivity contribution in [3.63, 3.8) is 0 Å². The summed E-state index contributed by atoms with van der Waals surface area (Å²) in [5.74, 6) is -2.20. The van der Waals surface area contributed by atoms with E-state index in [2.05, 4.69) is 41.7 Å². The van der Waals surface area contributed by atoms with Crippen LogP contribution in [0.2, 0.25) is 0 Å². The highest BCUT2D eigenvalue weighted by Crippen LogP contribution is 2.65. The molecule has 0 spiro atoms. The molecule has 3 saturated carbocycles. The van der Waals surface area contributed by atoms with Crippen LogP contribution in [0.15, 0.2) is 12.7 Å². The molecule has 4 N–H and O–H groups in total. The molecule has 4 rings (SSSR count). The third-order valence-corrected chi connectivity index (χ3v) is 11.0. The summed E-state index contributed by atoms with van der Waals surface area (Å²) in [5.41, 5.74) is -0.886. The van der Waals surface area contributed by atoms with Gasteiger partial charge in [0.25, 0.3) is 5.91 Å². The van der Waals surface area contributed by atoms with E-state index in [1.807, 2.05) is 27.7 Å². The Morgan fingerprint density at radius 3 is 2.19 bits per heavy atom. The molecular formula is C36H57N5O6. The number of piperidine rings is 1. The van der Waals surface area contributed by atoms with Crippen LogP contribution >= 0.6 is 0 Å². The van der Waals surface area contributed by atoms with Gasteiger partial charge in [-0.15, -0.1) is 6.58 Å². The highest BCUT2D eigenvalue weighted by molar-refractivity contribution is 6.38. The molecule has 0 radical (unpaired) electrons. The van der Waals surface area contributed by atoms with Crippen molar-refractivity contribution in [3.05, 3.63) is 12.7 Å². The van der Waals surface area contributed by atoms with E-state index in [0.29, 0.717) is 19.4 Å². The number of hydrogen-bond acceptors (Lipinski definition) is 6. The third-order valence-electron chi connectivity index (χ3n) is 11.0. The molecule has 1 heterocycles. The van der Waals surface area contributed by atoms with E-state index >= 15 is 0 Å². The molecule has 4 fully saturated rings. The molecule has 11 heteroatoms. The van der Waals surface area contributed by atoms with Crippen LogP contribution in [0.3, 0.4) is 0 Å². The van der Waals surface area contributed by atoms with Crippen molar-refractivity contribution in [2.75, 3.05) is 13.1 Å². The van der Waals surface area contributed by atoms with Crippen molar-refractivity contribution in [1.29, 1.82) is 0 Å². The van der Waals surface area contributed by atoms with Gasteiger partial charge in [-0.3, -0.25) is 24.0 Å². The van der Waals surface area contributed by atoms with Crippen molar-refractivity contribution in [1.82, 2.24) is 26.2 Å². The zero-order valence-electron chi connectivity index (χ0n) is 29.3. The van der Waals surface area contributed by atoms with Crippen LogP contribution in [0.1, 0.15) is 106 Å². The van der Waals surface area contributed by atoms with E-state index in [-0.39, 0.29) is 47.3 Å². The fourth-order valence-electron chi connectivity index (χ4n) is 7.80. The van der Waals surface area contributed by atoms with Gasteiger partial charge in [0, 0.05) is 19.0 Å². The van der Waals surface area contributed by atoms with Gasteiger partial charge in [-0.1, -0.05) is 79.7 Å². The molecule has 4 aliphatic rings. The molecule has 1 saturated heterocycles. The number of nitrogens with zero attached hydrogens (tertiary/aromatic N) is 1. The molecule has 5 amide bonds. The molecular weight excluding hydrogens is 598 g/mol. The fraction of sp³-hybridized carbons (Fsp3) is 0.778. The summed E-state index contributed by atoms with van der Waals surface area (Å²) < 4.78 is 0. The Balaban J connectivity index is 1.52. The van der Waals surface area contributed by atoms with Gasteiger partial charge >= 0.3 is 6.03 Å². The number of unbranched alkanes of at least 4 members (excludes halogenated alkanes) is 1. The van der Waals surface area contributed by atoms with Crippen LogP contribution in [-0.4, -0.2) is 77.5 Å². The molecule has 262 valence electrons. The Morgan fingerprint density at radius 2 is 1.62 bits per heavy atom. The second-order valence-corrected chi connectivity index (χ2v) is 15.9. The van der Waals surface area contributed by atoms with Gasteiger partial charge in [0.15, 0.2) is 5.78 Å². The van der Waals surface area contributed by atoms with E-state index in [9.17, 15) is 28.8 Å². The Kier molecular flexibility index (Phi) is 11.6. The van der Waals surface area contributed by atoms with E-state index in [1.165, 1.54) is 6.08 Å². The van der Waals surface area contributed by atoms with Gasteiger partial charge in [0.1, 0.15) is 12.1 Å². The largest absolute Gasteiger partial charge is 0.346 e. The second kappa shape index (κ2) is 14.9. The number of likely N-dealkylation sites (tertiary alicyclic amines) is 1. The first-order chi connectivity index (χ1) is 22.1. The van der Waals surface area contributed by atoms with Gasteiger partial charge in [-0.25, -0.2) is 4.79 Å². The molecule has 6 atom stereocenters. The Labute approximate surface area is 280 Å². The third kappa shape index (κ3) is 8.44. The fourth-order valence-corrected chi connectivity index (χ4v) is 7.80. The van der Waals surface area contributed by atoms with Crippen LogP contribution < -0.4 is 21.3 Å². The highest BCUT2D eigenvalue weighted by Gasteiger charge is 2.70. The number of nitrogens with one attached hydrogen (secondary N) is 4. The Morgan fingerprint density at radius 1 is 0.957 bits per heavy atom. The van der Waals surface area contributed by atoms with Crippen molar-refractivity contribution in [3.8, 4) is 0 Å². The van der Waals surface area contributed by atoms with Crippen LogP contribution in [0.4, 0.5) is 4.79 Å². The van der Waals surface area contributed by atoms with Crippen LogP contribution in [0.25, 0.3) is 0 Å². The Hall–Kier alpha value is -3.24. The lowest BCUT2D eigenvalue weighted by Crippen LogP contribution is -2.62. The molecule has 1 unspecified atom stereocenters. The summed E-state index contributed by atoms with van der Waals surface area (Å²) in [6.45, 7) is 15.7. The monoisotopic (exact) mass is 655 g/mol. The van der Waals surface area contributed by atoms with Crippen LogP contribution in [0, 0.1) is 34.5 Å². The lowest BCUT2D eigenvalue weighted by Gasteiger charge is -2.38. The maximum Gasteiger partial charge on any atom is 0.316 e. The highest BCUT2D eigenvalue weighted by atomic mass is 16.2. The van der Waals surface area contributed by atoms with Gasteiger partial charge in [-0.05, 0) is 60.7 Å². The van der Waals surface area contributed by atoms with E-state index in [1.54, 1.807) is 4.90 Å². The van der Waals surface area contributed by atoms with E-state index in [0.717, 1.165) is 51.4 Å². The molecule has 0 aromatic heterocycles. The summed E-state index contributed by atoms with van der Waals surface area (Å²) in [4.78, 5) is 82.4. The molecule has 11 nitrogen and oxygen atoms in total. The first-order valence-corrected chi connectivity index (χ1v) is 17.8. The van der Waals surface area contributed by atoms with Crippen molar-refractivity contribution in [2.45, 2.75) is 130 Å². The number of ketones is 2. The van der Waals surface area contributed by atoms with Crippen molar-refractivity contribution in [2.24, 2.45) is 34.5 Å². The van der Waals surface area contributed by atoms with Crippen LogP contribution in [0.5, 0.6) is 0 Å². The predicted octanol–water partition coefficient (Wildman–Crippen LogP) is 3.66. The minimum absolute atomic E-state index is 0.00215. The van der Waals surface area contributed by atoms with E-state index < -0.39 is 53.2 Å². The maximum atomic E-state index is 14.4. The molecule has 1 aliphatic heterocycles. The van der Waals surface area contributed by atoms with E-state index in [4.69, 9.17) is 0 Å². The van der Waals surface area contributed by atoms with Crippen LogP contribution in [-0.2, 0) is 24.0 Å². The molecule has 0 bridgehead atoms. The zero-order valence-corrected chi connectivity index (χ0v) is 29.3. The molecule has 47 heavy (non-hydrogen) atoms. The number of fused-ring (bicyclic) bond motifs is 1. The van der Waals surface area contributed by atoms with Crippen molar-refractivity contribution >= 4 is 35.3 Å². The number of rotatable bonds is 15. The van der Waals surface area contributed by atoms with Gasteiger partial charge in [0.05, 0.1) is 12.1 Å². The second-order valence-electron chi connectivity index (χ2n) is 15.9. The SMILES string of the molecule is C=CCNC(=O)C(=O)C(CCCC)NC(=O)[C@@H]1[C@@H]2[C@H](CN1C(=O)[C@@H](NC(=O)N[C@H](C(=O)C1CC1)C1CCCCC1)C(C)(C)C)C2(C)C. The predicted molar refractivity (Wildman–Crippen MR) is 179 cm³/mol. The first-order valence-electron chi connectivity index (χ1n) is 17.8. The number of Topliss-reactive ketones (excluding diaryl/α,β-unsaturated/α-hetero) is 2.